The molecule has 0 saturated carbocycles. The summed E-state index contributed by atoms with van der Waals surface area (Å²) in [5, 5.41) is 13.6. The number of allylic oxidation sites excluding steroid dienone is 4. The lowest BCUT2D eigenvalue weighted by Crippen LogP contribution is -2.61. The van der Waals surface area contributed by atoms with Gasteiger partial charge in [0.05, 0.1) is 14.3 Å². The molecule has 2 heterocycles. The topological polar surface area (TPSA) is 49.7 Å². The van der Waals surface area contributed by atoms with Gasteiger partial charge in [-0.3, -0.25) is 4.79 Å². The van der Waals surface area contributed by atoms with Gasteiger partial charge >= 0.3 is 0 Å². The number of nitrogens with zero attached hydrogens (tertiary/aromatic N) is 1. The van der Waals surface area contributed by atoms with Crippen LogP contribution in [0.5, 0.6) is 5.75 Å². The van der Waals surface area contributed by atoms with Crippen LogP contribution in [0.4, 0.5) is 5.69 Å². The van der Waals surface area contributed by atoms with Crippen molar-refractivity contribution in [2.45, 2.75) is 6.55 Å². The fourth-order valence-corrected chi connectivity index (χ4v) is 11.1. The number of aromatic hydroxyl groups is 1. The molecule has 5 rings (SSSR count). The second-order valence-electron chi connectivity index (χ2n) is 7.37. The summed E-state index contributed by atoms with van der Waals surface area (Å²) >= 11 is 6.29. The maximum Gasteiger partial charge on any atom is 0.187 e. The predicted octanol–water partition coefficient (Wildman–Crippen LogP) is 5.07. The van der Waals surface area contributed by atoms with Crippen LogP contribution in [0.15, 0.2) is 76.9 Å². The smallest absolute Gasteiger partial charge is 0.187 e. The standard InChI is InChI=1S/C23H15I2NO2SSi/c1-30(14-5-3-2-4-6-14)20-11-13(27)7-8-16(20)26-17-9-10-18(28)21(22(17)30)19-12-15(24)23(25)29-19/h2-12,27H,1H3. The first-order valence-corrected chi connectivity index (χ1v) is 14.8. The monoisotopic (exact) mass is 651 g/mol. The number of rotatable bonds is 2. The zero-order valence-corrected chi connectivity index (χ0v) is 21.9. The second kappa shape index (κ2) is 7.54. The van der Waals surface area contributed by atoms with Gasteiger partial charge in [0.1, 0.15) is 5.75 Å². The number of fused-ring (bicyclic) bond motifs is 2. The number of hydrogen-bond acceptors (Lipinski definition) is 4. The Morgan fingerprint density at radius 2 is 1.80 bits per heavy atom. The number of halogens is 2. The molecule has 2 aliphatic rings. The van der Waals surface area contributed by atoms with Crippen molar-refractivity contribution in [3.63, 3.8) is 0 Å². The number of hydrogen-bond donors (Lipinski definition) is 1. The van der Waals surface area contributed by atoms with Crippen LogP contribution in [-0.4, -0.2) is 24.7 Å². The van der Waals surface area contributed by atoms with Gasteiger partial charge < -0.3 is 5.11 Å². The van der Waals surface area contributed by atoms with Crippen molar-refractivity contribution in [3.8, 4) is 5.75 Å². The molecule has 1 aliphatic carbocycles. The maximum absolute atomic E-state index is 13.2. The van der Waals surface area contributed by atoms with E-state index in [0.717, 1.165) is 35.8 Å². The number of carbonyl (C=O) groups excluding carboxylic acids is 1. The fourth-order valence-electron chi connectivity index (χ4n) is 4.24. The Hall–Kier alpha value is -1.56. The zero-order valence-electron chi connectivity index (χ0n) is 15.8. The van der Waals surface area contributed by atoms with Gasteiger partial charge in [0, 0.05) is 14.0 Å². The van der Waals surface area contributed by atoms with Gasteiger partial charge in [0.25, 0.3) is 0 Å². The Morgan fingerprint density at radius 3 is 2.50 bits per heavy atom. The molecular formula is C23H15I2NO2SSi. The average molecular weight is 651 g/mol. The van der Waals surface area contributed by atoms with Crippen LogP contribution in [0, 0.1) is 6.45 Å². The molecule has 0 radical (unpaired) electrons. The SMILES string of the molecule is C[Si]1(c2ccccc2)C2=C(c3cc(I)c(I)s3)C(=O)C=CC2=Nc2ccc(O)cc21. The van der Waals surface area contributed by atoms with Crippen LogP contribution < -0.4 is 10.4 Å². The summed E-state index contributed by atoms with van der Waals surface area (Å²) in [6.45, 7) is 2.26. The van der Waals surface area contributed by atoms with E-state index in [9.17, 15) is 9.90 Å². The van der Waals surface area contributed by atoms with Crippen LogP contribution in [0.25, 0.3) is 5.57 Å². The molecule has 1 unspecified atom stereocenters. The van der Waals surface area contributed by atoms with Gasteiger partial charge in [-0.1, -0.05) is 36.9 Å². The van der Waals surface area contributed by atoms with Crippen molar-refractivity contribution in [2.75, 3.05) is 0 Å². The van der Waals surface area contributed by atoms with Crippen molar-refractivity contribution in [1.82, 2.24) is 0 Å². The minimum atomic E-state index is -2.60. The lowest BCUT2D eigenvalue weighted by molar-refractivity contribution is -0.109. The largest absolute Gasteiger partial charge is 0.508 e. The van der Waals surface area contributed by atoms with E-state index in [1.807, 2.05) is 36.4 Å². The Morgan fingerprint density at radius 1 is 1.03 bits per heavy atom. The van der Waals surface area contributed by atoms with Crippen molar-refractivity contribution >= 4 is 97.7 Å². The molecule has 0 saturated heterocycles. The molecule has 0 fully saturated rings. The van der Waals surface area contributed by atoms with Crippen molar-refractivity contribution in [1.29, 1.82) is 0 Å². The highest BCUT2D eigenvalue weighted by molar-refractivity contribution is 14.1. The molecule has 2 aromatic carbocycles. The summed E-state index contributed by atoms with van der Waals surface area (Å²) in [6, 6.07) is 17.9. The highest BCUT2D eigenvalue weighted by atomic mass is 127. The van der Waals surface area contributed by atoms with Gasteiger partial charge in [-0.2, -0.15) is 0 Å². The molecule has 0 amide bonds. The Balaban J connectivity index is 1.92. The first-order valence-electron chi connectivity index (χ1n) is 9.30. The molecule has 1 aliphatic heterocycles. The summed E-state index contributed by atoms with van der Waals surface area (Å²) in [5.74, 6) is 0.248. The van der Waals surface area contributed by atoms with Crippen LogP contribution in [-0.2, 0) is 4.79 Å². The van der Waals surface area contributed by atoms with E-state index >= 15 is 0 Å². The number of thiophene rings is 1. The first-order chi connectivity index (χ1) is 14.4. The van der Waals surface area contributed by atoms with E-state index < -0.39 is 8.07 Å². The average Bonchev–Trinajstić information content (AvgIpc) is 3.07. The zero-order chi connectivity index (χ0) is 21.0. The highest BCUT2D eigenvalue weighted by Gasteiger charge is 2.46. The molecule has 1 atom stereocenters. The molecule has 0 spiro atoms. The molecule has 30 heavy (non-hydrogen) atoms. The number of carbonyl (C=O) groups is 1. The minimum Gasteiger partial charge on any atom is -0.508 e. The number of aliphatic imine (C=N–C) groups is 1. The van der Waals surface area contributed by atoms with Gasteiger partial charge in [0.15, 0.2) is 13.9 Å². The Bertz CT molecular complexity index is 1290. The first kappa shape index (κ1) is 20.3. The third-order valence-corrected chi connectivity index (χ3v) is 14.6. The lowest BCUT2D eigenvalue weighted by atomic mass is 10.0. The second-order valence-corrected chi connectivity index (χ2v) is 15.3. The summed E-state index contributed by atoms with van der Waals surface area (Å²) in [4.78, 5) is 19.1. The van der Waals surface area contributed by atoms with E-state index in [4.69, 9.17) is 4.99 Å². The fraction of sp³-hybridized carbons (Fsp3) is 0.0435. The summed E-state index contributed by atoms with van der Waals surface area (Å²) < 4.78 is 2.33. The molecular weight excluding hydrogens is 636 g/mol. The molecule has 0 bridgehead atoms. The van der Waals surface area contributed by atoms with E-state index in [1.165, 1.54) is 8.07 Å². The van der Waals surface area contributed by atoms with E-state index in [1.54, 1.807) is 23.5 Å². The Kier molecular flexibility index (Phi) is 5.11. The highest BCUT2D eigenvalue weighted by Crippen LogP contribution is 2.40. The minimum absolute atomic E-state index is 0.0243. The summed E-state index contributed by atoms with van der Waals surface area (Å²) in [5.41, 5.74) is 2.49. The van der Waals surface area contributed by atoms with Gasteiger partial charge in [-0.15, -0.1) is 11.3 Å². The van der Waals surface area contributed by atoms with Crippen LogP contribution in [0.3, 0.4) is 0 Å². The third kappa shape index (κ3) is 3.09. The molecule has 3 nitrogen and oxygen atoms in total. The molecule has 1 aromatic heterocycles. The quantitative estimate of drug-likeness (QED) is 0.239. The predicted molar refractivity (Wildman–Crippen MR) is 143 cm³/mol. The van der Waals surface area contributed by atoms with Gasteiger partial charge in [-0.05, 0) is 97.2 Å². The third-order valence-electron chi connectivity index (χ3n) is 5.65. The molecule has 3 aromatic rings. The van der Waals surface area contributed by atoms with Gasteiger partial charge in [0.2, 0.25) is 0 Å². The maximum atomic E-state index is 13.2. The van der Waals surface area contributed by atoms with Crippen LogP contribution in [0.1, 0.15) is 4.88 Å². The summed E-state index contributed by atoms with van der Waals surface area (Å²) in [6.07, 6.45) is 3.50. The molecule has 7 heteroatoms. The van der Waals surface area contributed by atoms with E-state index in [2.05, 4.69) is 69.9 Å². The summed E-state index contributed by atoms with van der Waals surface area (Å²) in [7, 11) is -2.60. The van der Waals surface area contributed by atoms with Crippen LogP contribution in [0.2, 0.25) is 6.55 Å². The van der Waals surface area contributed by atoms with Gasteiger partial charge in [-0.25, -0.2) is 4.99 Å². The molecule has 148 valence electrons. The normalized spacial score (nSPS) is 20.1. The van der Waals surface area contributed by atoms with E-state index in [-0.39, 0.29) is 11.5 Å². The number of phenolic OH excluding ortho intramolecular Hbond substituents is 1. The lowest BCUT2D eigenvalue weighted by Gasteiger charge is -2.38. The van der Waals surface area contributed by atoms with E-state index in [0.29, 0.717) is 0 Å². The van der Waals surface area contributed by atoms with Crippen molar-refractivity contribution in [2.24, 2.45) is 4.99 Å². The number of phenols is 1. The number of ketones is 1. The van der Waals surface area contributed by atoms with Crippen molar-refractivity contribution in [3.05, 3.63) is 83.3 Å². The number of benzene rings is 2. The van der Waals surface area contributed by atoms with Crippen molar-refractivity contribution < 1.29 is 9.90 Å². The van der Waals surface area contributed by atoms with Crippen LogP contribution >= 0.6 is 56.5 Å². The molecule has 1 N–H and O–H groups in total. The Labute approximate surface area is 206 Å².